The Labute approximate surface area is 226 Å². The van der Waals surface area contributed by atoms with Gasteiger partial charge in [-0.2, -0.15) is 0 Å². The Kier molecular flexibility index (Phi) is 8.47. The third-order valence-corrected chi connectivity index (χ3v) is 6.61. The van der Waals surface area contributed by atoms with Crippen LogP contribution in [-0.4, -0.2) is 23.5 Å². The summed E-state index contributed by atoms with van der Waals surface area (Å²) in [6, 6.07) is 17.6. The van der Waals surface area contributed by atoms with E-state index in [-0.39, 0.29) is 11.9 Å². The van der Waals surface area contributed by atoms with Gasteiger partial charge in [0.25, 0.3) is 5.91 Å². The third kappa shape index (κ3) is 6.30. The first-order chi connectivity index (χ1) is 17.8. The average molecular weight is 535 g/mol. The van der Waals surface area contributed by atoms with Gasteiger partial charge in [-0.1, -0.05) is 54.6 Å². The van der Waals surface area contributed by atoms with Crippen molar-refractivity contribution in [1.29, 1.82) is 0 Å². The van der Waals surface area contributed by atoms with Crippen molar-refractivity contribution < 1.29 is 14.3 Å². The van der Waals surface area contributed by atoms with E-state index in [0.717, 1.165) is 41.3 Å². The lowest BCUT2D eigenvalue weighted by Crippen LogP contribution is -2.14. The van der Waals surface area contributed by atoms with Crippen molar-refractivity contribution in [2.45, 2.75) is 40.0 Å². The minimum Gasteiger partial charge on any atom is -0.462 e. The molecule has 0 aliphatic rings. The second-order valence-corrected chi connectivity index (χ2v) is 9.88. The lowest BCUT2D eigenvalue weighted by atomic mass is 9.99. The minimum atomic E-state index is -0.371. The van der Waals surface area contributed by atoms with Gasteiger partial charge in [0.15, 0.2) is 0 Å². The first-order valence-electron chi connectivity index (χ1n) is 12.2. The van der Waals surface area contributed by atoms with E-state index in [1.54, 1.807) is 48.5 Å². The normalized spacial score (nSPS) is 10.9. The molecule has 5 nitrogen and oxygen atoms in total. The number of hydrogen-bond donors (Lipinski definition) is 1. The number of carbonyl (C=O) groups is 2. The van der Waals surface area contributed by atoms with Gasteiger partial charge < -0.3 is 10.1 Å². The Morgan fingerprint density at radius 3 is 2.41 bits per heavy atom. The molecule has 0 fully saturated rings. The summed E-state index contributed by atoms with van der Waals surface area (Å²) < 4.78 is 5.31. The molecule has 0 saturated carbocycles. The van der Waals surface area contributed by atoms with Gasteiger partial charge in [0.05, 0.1) is 34.0 Å². The number of nitrogens with zero attached hydrogens (tertiary/aromatic N) is 1. The molecule has 0 radical (unpaired) electrons. The number of esters is 1. The molecule has 190 valence electrons. The highest BCUT2D eigenvalue weighted by molar-refractivity contribution is 6.36. The van der Waals surface area contributed by atoms with Gasteiger partial charge in [0.1, 0.15) is 0 Å². The first kappa shape index (κ1) is 26.6. The number of aryl methyl sites for hydroxylation is 2. The fourth-order valence-corrected chi connectivity index (χ4v) is 4.70. The van der Waals surface area contributed by atoms with E-state index < -0.39 is 0 Å². The number of ether oxygens (including phenoxy) is 1. The van der Waals surface area contributed by atoms with Crippen molar-refractivity contribution in [2.75, 3.05) is 11.9 Å². The molecular formula is C30H28Cl2N2O3. The second kappa shape index (κ2) is 11.8. The molecule has 37 heavy (non-hydrogen) atoms. The number of pyridine rings is 1. The monoisotopic (exact) mass is 534 g/mol. The summed E-state index contributed by atoms with van der Waals surface area (Å²) in [6.45, 7) is 6.45. The maximum atomic E-state index is 13.5. The summed E-state index contributed by atoms with van der Waals surface area (Å²) in [4.78, 5) is 30.6. The highest BCUT2D eigenvalue weighted by atomic mass is 35.5. The number of unbranched alkanes of at least 4 members (excludes halogenated alkanes) is 2. The molecule has 0 spiro atoms. The van der Waals surface area contributed by atoms with Crippen LogP contribution in [-0.2, 0) is 4.74 Å². The van der Waals surface area contributed by atoms with Gasteiger partial charge in [-0.15, -0.1) is 0 Å². The van der Waals surface area contributed by atoms with Crippen molar-refractivity contribution in [3.05, 3.63) is 93.0 Å². The van der Waals surface area contributed by atoms with E-state index >= 15 is 0 Å². The zero-order valence-electron chi connectivity index (χ0n) is 21.0. The highest BCUT2D eigenvalue weighted by Crippen LogP contribution is 2.33. The smallest absolute Gasteiger partial charge is 0.338 e. The Balaban J connectivity index is 1.64. The number of halogens is 2. The molecule has 4 aromatic rings. The van der Waals surface area contributed by atoms with Gasteiger partial charge in [0.2, 0.25) is 0 Å². The number of hydrogen-bond acceptors (Lipinski definition) is 4. The second-order valence-electron chi connectivity index (χ2n) is 9.03. The number of amides is 1. The van der Waals surface area contributed by atoms with Crippen LogP contribution in [0.25, 0.3) is 22.2 Å². The number of benzene rings is 3. The molecule has 0 aliphatic heterocycles. The maximum absolute atomic E-state index is 13.5. The van der Waals surface area contributed by atoms with E-state index in [4.69, 9.17) is 32.9 Å². The Morgan fingerprint density at radius 1 is 0.946 bits per heavy atom. The zero-order chi connectivity index (χ0) is 26.5. The summed E-state index contributed by atoms with van der Waals surface area (Å²) in [5.41, 5.74) is 5.44. The summed E-state index contributed by atoms with van der Waals surface area (Å²) >= 11 is 12.6. The van der Waals surface area contributed by atoms with Gasteiger partial charge in [0, 0.05) is 21.7 Å². The molecule has 0 unspecified atom stereocenters. The van der Waals surface area contributed by atoms with Crippen molar-refractivity contribution in [2.24, 2.45) is 0 Å². The largest absolute Gasteiger partial charge is 0.462 e. The number of fused-ring (bicyclic) bond motifs is 1. The summed E-state index contributed by atoms with van der Waals surface area (Å²) in [5, 5.41) is 4.66. The molecule has 3 aromatic carbocycles. The van der Waals surface area contributed by atoms with E-state index in [9.17, 15) is 9.59 Å². The molecule has 1 N–H and O–H groups in total. The molecule has 4 rings (SSSR count). The average Bonchev–Trinajstić information content (AvgIpc) is 2.86. The van der Waals surface area contributed by atoms with E-state index in [1.807, 2.05) is 26.0 Å². The maximum Gasteiger partial charge on any atom is 0.338 e. The molecule has 1 aromatic heterocycles. The van der Waals surface area contributed by atoms with Crippen molar-refractivity contribution >= 4 is 51.7 Å². The van der Waals surface area contributed by atoms with Crippen LogP contribution in [0.4, 0.5) is 5.69 Å². The lowest BCUT2D eigenvalue weighted by Gasteiger charge is -2.14. The number of nitrogens with one attached hydrogen (secondary N) is 1. The topological polar surface area (TPSA) is 68.3 Å². The fraction of sp³-hybridized carbons (Fsp3) is 0.233. The van der Waals surface area contributed by atoms with Crippen LogP contribution in [0, 0.1) is 13.8 Å². The van der Waals surface area contributed by atoms with E-state index in [0.29, 0.717) is 44.7 Å². The molecular weight excluding hydrogens is 507 g/mol. The SMILES string of the molecule is CCCCCOC(=O)c1ccc(NC(=O)c2cc(-c3ccc(Cl)cc3Cl)nc3c(C)cc(C)cc23)cc1. The van der Waals surface area contributed by atoms with Crippen LogP contribution in [0.15, 0.2) is 60.7 Å². The first-order valence-corrected chi connectivity index (χ1v) is 13.0. The molecule has 0 aliphatic carbocycles. The highest BCUT2D eigenvalue weighted by Gasteiger charge is 2.18. The summed E-state index contributed by atoms with van der Waals surface area (Å²) in [5.74, 6) is -0.664. The van der Waals surface area contributed by atoms with Crippen LogP contribution in [0.5, 0.6) is 0 Å². The van der Waals surface area contributed by atoms with Gasteiger partial charge in [-0.05, 0) is 80.4 Å². The van der Waals surface area contributed by atoms with E-state index in [1.165, 1.54) is 0 Å². The van der Waals surface area contributed by atoms with Gasteiger partial charge >= 0.3 is 5.97 Å². The van der Waals surface area contributed by atoms with Crippen LogP contribution < -0.4 is 5.32 Å². The molecule has 1 heterocycles. The van der Waals surface area contributed by atoms with Crippen LogP contribution in [0.3, 0.4) is 0 Å². The van der Waals surface area contributed by atoms with Crippen LogP contribution >= 0.6 is 23.2 Å². The summed E-state index contributed by atoms with van der Waals surface area (Å²) in [7, 11) is 0. The Morgan fingerprint density at radius 2 is 1.70 bits per heavy atom. The van der Waals surface area contributed by atoms with Crippen molar-refractivity contribution in [3.8, 4) is 11.3 Å². The molecule has 0 bridgehead atoms. The van der Waals surface area contributed by atoms with Gasteiger partial charge in [-0.3, -0.25) is 4.79 Å². The van der Waals surface area contributed by atoms with Crippen LogP contribution in [0.1, 0.15) is 58.0 Å². The standard InChI is InChI=1S/C30H28Cl2N2O3/c1-4-5-6-13-37-30(36)20-7-10-22(11-8-20)33-29(35)25-17-27(23-12-9-21(31)16-26(23)32)34-28-19(3)14-18(2)15-24(25)28/h7-12,14-17H,4-6,13H2,1-3H3,(H,33,35). The predicted molar refractivity (Wildman–Crippen MR) is 151 cm³/mol. The van der Waals surface area contributed by atoms with Crippen molar-refractivity contribution in [3.63, 3.8) is 0 Å². The number of rotatable bonds is 8. The quantitative estimate of drug-likeness (QED) is 0.182. The number of carbonyl (C=O) groups excluding carboxylic acids is 2. The molecule has 0 atom stereocenters. The fourth-order valence-electron chi connectivity index (χ4n) is 4.19. The van der Waals surface area contributed by atoms with Crippen molar-refractivity contribution in [1.82, 2.24) is 4.98 Å². The summed E-state index contributed by atoms with van der Waals surface area (Å²) in [6.07, 6.45) is 2.93. The molecule has 7 heteroatoms. The Hall–Kier alpha value is -3.41. The lowest BCUT2D eigenvalue weighted by molar-refractivity contribution is 0.0498. The van der Waals surface area contributed by atoms with Crippen LogP contribution in [0.2, 0.25) is 10.0 Å². The minimum absolute atomic E-state index is 0.293. The third-order valence-electron chi connectivity index (χ3n) is 6.06. The number of anilines is 1. The molecule has 0 saturated heterocycles. The van der Waals surface area contributed by atoms with Gasteiger partial charge in [-0.25, -0.2) is 9.78 Å². The number of aromatic nitrogens is 1. The predicted octanol–water partition coefficient (Wildman–Crippen LogP) is 8.42. The van der Waals surface area contributed by atoms with E-state index in [2.05, 4.69) is 12.2 Å². The molecule has 1 amide bonds. The Bertz CT molecular complexity index is 1470. The zero-order valence-corrected chi connectivity index (χ0v) is 22.5.